The summed E-state index contributed by atoms with van der Waals surface area (Å²) in [7, 11) is 0. The van der Waals surface area contributed by atoms with E-state index in [2.05, 4.69) is 12.2 Å². The van der Waals surface area contributed by atoms with Crippen LogP contribution in [-0.4, -0.2) is 30.3 Å². The zero-order valence-electron chi connectivity index (χ0n) is 10.3. The van der Waals surface area contributed by atoms with Crippen molar-refractivity contribution in [1.82, 2.24) is 0 Å². The maximum Gasteiger partial charge on any atom is 0.337 e. The molecule has 0 aromatic heterocycles. The van der Waals surface area contributed by atoms with E-state index in [9.17, 15) is 4.79 Å². The van der Waals surface area contributed by atoms with Crippen LogP contribution in [0.5, 0.6) is 0 Å². The van der Waals surface area contributed by atoms with Gasteiger partial charge in [-0.1, -0.05) is 6.07 Å². The van der Waals surface area contributed by atoms with Crippen LogP contribution in [0.25, 0.3) is 0 Å². The molecule has 0 aliphatic carbocycles. The summed E-state index contributed by atoms with van der Waals surface area (Å²) in [5.41, 5.74) is 6.95. The van der Waals surface area contributed by atoms with Gasteiger partial charge in [0.05, 0.1) is 23.5 Å². The number of carbonyl (C=O) groups is 1. The Morgan fingerprint density at radius 2 is 2.39 bits per heavy atom. The lowest BCUT2D eigenvalue weighted by atomic mass is 10.00. The second-order valence-electron chi connectivity index (χ2n) is 4.63. The van der Waals surface area contributed by atoms with Gasteiger partial charge in [0.15, 0.2) is 0 Å². The lowest BCUT2D eigenvalue weighted by molar-refractivity contribution is 0.0698. The van der Waals surface area contributed by atoms with Gasteiger partial charge >= 0.3 is 5.97 Å². The summed E-state index contributed by atoms with van der Waals surface area (Å²) >= 11 is 0. The number of benzene rings is 1. The molecule has 1 aromatic carbocycles. The summed E-state index contributed by atoms with van der Waals surface area (Å²) in [4.78, 5) is 11.0. The van der Waals surface area contributed by atoms with E-state index in [1.165, 1.54) is 6.07 Å². The minimum absolute atomic E-state index is 0.134. The summed E-state index contributed by atoms with van der Waals surface area (Å²) in [6.45, 7) is 3.60. The molecule has 1 fully saturated rings. The van der Waals surface area contributed by atoms with Gasteiger partial charge in [0.25, 0.3) is 0 Å². The van der Waals surface area contributed by atoms with Gasteiger partial charge in [0.1, 0.15) is 0 Å². The number of aromatic carboxylic acids is 1. The van der Waals surface area contributed by atoms with Crippen LogP contribution in [0.3, 0.4) is 0 Å². The number of anilines is 2. The fraction of sp³-hybridized carbons (Fsp3) is 0.462. The predicted molar refractivity (Wildman–Crippen MR) is 69.8 cm³/mol. The molecule has 2 unspecified atom stereocenters. The zero-order chi connectivity index (χ0) is 13.1. The van der Waals surface area contributed by atoms with Gasteiger partial charge in [-0.2, -0.15) is 0 Å². The molecule has 4 N–H and O–H groups in total. The Bertz CT molecular complexity index is 442. The van der Waals surface area contributed by atoms with E-state index >= 15 is 0 Å². The lowest BCUT2D eigenvalue weighted by Gasteiger charge is -2.22. The van der Waals surface area contributed by atoms with Crippen LogP contribution in [0.15, 0.2) is 18.2 Å². The summed E-state index contributed by atoms with van der Waals surface area (Å²) in [6, 6.07) is 5.21. The van der Waals surface area contributed by atoms with Gasteiger partial charge in [0, 0.05) is 18.6 Å². The number of nitrogen functional groups attached to an aromatic ring is 1. The van der Waals surface area contributed by atoms with E-state index in [1.807, 2.05) is 0 Å². The van der Waals surface area contributed by atoms with Crippen molar-refractivity contribution in [2.75, 3.05) is 24.3 Å². The molecule has 0 saturated carbocycles. The Kier molecular flexibility index (Phi) is 3.72. The Morgan fingerprint density at radius 1 is 1.61 bits per heavy atom. The average molecular weight is 250 g/mol. The van der Waals surface area contributed by atoms with E-state index in [0.29, 0.717) is 11.6 Å². The van der Waals surface area contributed by atoms with Crippen LogP contribution in [0.2, 0.25) is 0 Å². The molecule has 5 nitrogen and oxygen atoms in total. The molecule has 0 amide bonds. The van der Waals surface area contributed by atoms with Crippen LogP contribution < -0.4 is 11.1 Å². The maximum absolute atomic E-state index is 11.0. The number of nitrogens with two attached hydrogens (primary N) is 1. The van der Waals surface area contributed by atoms with E-state index in [4.69, 9.17) is 15.6 Å². The molecule has 0 bridgehead atoms. The predicted octanol–water partition coefficient (Wildman–Crippen LogP) is 1.80. The number of ether oxygens (including phenoxy) is 1. The van der Waals surface area contributed by atoms with Gasteiger partial charge in [0.2, 0.25) is 0 Å². The third kappa shape index (κ3) is 2.56. The van der Waals surface area contributed by atoms with Gasteiger partial charge in [-0.05, 0) is 25.5 Å². The average Bonchev–Trinajstić information content (AvgIpc) is 2.85. The Morgan fingerprint density at radius 3 is 3.00 bits per heavy atom. The highest BCUT2D eigenvalue weighted by Crippen LogP contribution is 2.26. The number of carboxylic acids is 1. The van der Waals surface area contributed by atoms with Crippen LogP contribution in [0.4, 0.5) is 11.4 Å². The first-order valence-corrected chi connectivity index (χ1v) is 6.05. The second-order valence-corrected chi connectivity index (χ2v) is 4.63. The highest BCUT2D eigenvalue weighted by Gasteiger charge is 2.23. The fourth-order valence-corrected chi connectivity index (χ4v) is 2.19. The van der Waals surface area contributed by atoms with Gasteiger partial charge in [-0.3, -0.25) is 0 Å². The van der Waals surface area contributed by atoms with Crippen molar-refractivity contribution in [3.8, 4) is 0 Å². The quantitative estimate of drug-likeness (QED) is 0.710. The molecule has 1 aliphatic rings. The lowest BCUT2D eigenvalue weighted by Crippen LogP contribution is -2.26. The largest absolute Gasteiger partial charge is 0.478 e. The van der Waals surface area contributed by atoms with Crippen molar-refractivity contribution in [1.29, 1.82) is 0 Å². The molecule has 2 rings (SSSR count). The van der Waals surface area contributed by atoms with Crippen molar-refractivity contribution in [2.45, 2.75) is 19.4 Å². The Hall–Kier alpha value is -1.75. The van der Waals surface area contributed by atoms with Gasteiger partial charge in [-0.15, -0.1) is 0 Å². The van der Waals surface area contributed by atoms with Gasteiger partial charge < -0.3 is 20.9 Å². The van der Waals surface area contributed by atoms with E-state index < -0.39 is 5.97 Å². The molecular formula is C13H18N2O3. The molecule has 1 heterocycles. The number of hydrogen-bond donors (Lipinski definition) is 3. The number of nitrogens with one attached hydrogen (secondary N) is 1. The number of rotatable bonds is 4. The first-order valence-electron chi connectivity index (χ1n) is 6.05. The third-order valence-corrected chi connectivity index (χ3v) is 3.39. The summed E-state index contributed by atoms with van der Waals surface area (Å²) < 4.78 is 5.34. The molecule has 98 valence electrons. The molecule has 2 atom stereocenters. The van der Waals surface area contributed by atoms with Crippen LogP contribution in [0, 0.1) is 5.92 Å². The molecule has 5 heteroatoms. The van der Waals surface area contributed by atoms with E-state index in [-0.39, 0.29) is 17.3 Å². The topological polar surface area (TPSA) is 84.6 Å². The molecule has 1 saturated heterocycles. The number of para-hydroxylation sites is 1. The highest BCUT2D eigenvalue weighted by atomic mass is 16.5. The monoisotopic (exact) mass is 250 g/mol. The molecule has 0 spiro atoms. The summed E-state index contributed by atoms with van der Waals surface area (Å²) in [6.07, 6.45) is 1.02. The number of hydrogen-bond acceptors (Lipinski definition) is 4. The van der Waals surface area contributed by atoms with Crippen molar-refractivity contribution in [2.24, 2.45) is 5.92 Å². The minimum atomic E-state index is -1.01. The van der Waals surface area contributed by atoms with Crippen molar-refractivity contribution in [3.05, 3.63) is 23.8 Å². The molecule has 0 radical (unpaired) electrons. The smallest absolute Gasteiger partial charge is 0.337 e. The maximum atomic E-state index is 11.0. The van der Waals surface area contributed by atoms with Crippen LogP contribution >= 0.6 is 0 Å². The van der Waals surface area contributed by atoms with Crippen molar-refractivity contribution >= 4 is 17.3 Å². The molecule has 1 aliphatic heterocycles. The van der Waals surface area contributed by atoms with E-state index in [1.54, 1.807) is 12.1 Å². The van der Waals surface area contributed by atoms with E-state index in [0.717, 1.165) is 19.6 Å². The first-order chi connectivity index (χ1) is 8.59. The Labute approximate surface area is 106 Å². The minimum Gasteiger partial charge on any atom is -0.478 e. The van der Waals surface area contributed by atoms with Crippen LogP contribution in [0.1, 0.15) is 23.7 Å². The first kappa shape index (κ1) is 12.7. The summed E-state index contributed by atoms with van der Waals surface area (Å²) in [5, 5.41) is 12.3. The zero-order valence-corrected chi connectivity index (χ0v) is 10.3. The molecule has 18 heavy (non-hydrogen) atoms. The molecular weight excluding hydrogens is 232 g/mol. The number of carboxylic acid groups (broad SMARTS) is 1. The third-order valence-electron chi connectivity index (χ3n) is 3.39. The Balaban J connectivity index is 2.13. The van der Waals surface area contributed by atoms with Gasteiger partial charge in [-0.25, -0.2) is 4.79 Å². The molecule has 1 aromatic rings. The fourth-order valence-electron chi connectivity index (χ4n) is 2.19. The van der Waals surface area contributed by atoms with Crippen molar-refractivity contribution in [3.63, 3.8) is 0 Å². The SMILES string of the molecule is CC(Nc1cccc(C(=O)O)c1N)C1CCOC1. The summed E-state index contributed by atoms with van der Waals surface area (Å²) in [5.74, 6) is -0.564. The second kappa shape index (κ2) is 5.27. The standard InChI is InChI=1S/C13H18N2O3/c1-8(9-5-6-18-7-9)15-11-4-2-3-10(12(11)14)13(16)17/h2-4,8-9,15H,5-7,14H2,1H3,(H,16,17). The van der Waals surface area contributed by atoms with Crippen molar-refractivity contribution < 1.29 is 14.6 Å². The van der Waals surface area contributed by atoms with Crippen LogP contribution in [-0.2, 0) is 4.74 Å². The highest BCUT2D eigenvalue weighted by molar-refractivity contribution is 5.97. The normalized spacial score (nSPS) is 20.6.